The lowest BCUT2D eigenvalue weighted by molar-refractivity contribution is -0.0523. The molecule has 2 atom stereocenters. The van der Waals surface area contributed by atoms with Crippen molar-refractivity contribution in [3.63, 3.8) is 0 Å². The second-order valence-corrected chi connectivity index (χ2v) is 10.4. The number of urea groups is 1. The largest absolute Gasteiger partial charge is 0.478 e. The number of amides is 2. The number of carbonyl (C=O) groups is 2. The lowest BCUT2D eigenvalue weighted by Crippen LogP contribution is -2.39. The minimum absolute atomic E-state index is 0.0178. The lowest BCUT2D eigenvalue weighted by Gasteiger charge is -2.30. The summed E-state index contributed by atoms with van der Waals surface area (Å²) in [5.41, 5.74) is 3.80. The molecule has 1 aliphatic carbocycles. The van der Waals surface area contributed by atoms with Crippen LogP contribution in [0.5, 0.6) is 0 Å². The van der Waals surface area contributed by atoms with Crippen molar-refractivity contribution < 1.29 is 24.2 Å². The molecule has 0 saturated heterocycles. The van der Waals surface area contributed by atoms with Crippen molar-refractivity contribution in [1.29, 1.82) is 0 Å². The summed E-state index contributed by atoms with van der Waals surface area (Å²) < 4.78 is 12.4. The number of ether oxygens (including phenoxy) is 2. The van der Waals surface area contributed by atoms with Gasteiger partial charge < -0.3 is 24.8 Å². The van der Waals surface area contributed by atoms with Gasteiger partial charge in [0.2, 0.25) is 0 Å². The first-order valence-electron chi connectivity index (χ1n) is 14.2. The fraction of sp³-hybridized carbons (Fsp3) is 0.394. The maximum atomic E-state index is 13.1. The average Bonchev–Trinajstić information content (AvgIpc) is 2.96. The van der Waals surface area contributed by atoms with Crippen LogP contribution in [0.4, 0.5) is 10.5 Å². The first-order valence-corrected chi connectivity index (χ1v) is 14.2. The highest BCUT2D eigenvalue weighted by Gasteiger charge is 2.24. The summed E-state index contributed by atoms with van der Waals surface area (Å²) in [5.74, 6) is -0.925. The third kappa shape index (κ3) is 8.93. The summed E-state index contributed by atoms with van der Waals surface area (Å²) in [6.45, 7) is 3.67. The van der Waals surface area contributed by atoms with Crippen LogP contribution in [0.1, 0.15) is 59.2 Å². The number of para-hydroxylation sites is 1. The van der Waals surface area contributed by atoms with Crippen molar-refractivity contribution in [2.75, 3.05) is 25.0 Å². The Kier molecular flexibility index (Phi) is 11.1. The molecular weight excluding hydrogens is 504 g/mol. The predicted octanol–water partition coefficient (Wildman–Crippen LogP) is 6.70. The van der Waals surface area contributed by atoms with E-state index in [-0.39, 0.29) is 24.8 Å². The van der Waals surface area contributed by atoms with Gasteiger partial charge in [-0.3, -0.25) is 0 Å². The Hall–Kier alpha value is -3.68. The molecule has 2 N–H and O–H groups in total. The van der Waals surface area contributed by atoms with E-state index in [2.05, 4.69) is 17.4 Å². The highest BCUT2D eigenvalue weighted by molar-refractivity contribution is 5.91. The average molecular weight is 545 g/mol. The van der Waals surface area contributed by atoms with Crippen LogP contribution in [0.25, 0.3) is 0 Å². The van der Waals surface area contributed by atoms with Gasteiger partial charge in [0.25, 0.3) is 0 Å². The standard InChI is InChI=1S/C33H40N2O5/c1-25-11-8-15-27(31(25)32(36)37)24-40-30-19-9-18-29(23-30)39-22-21-35(20-10-14-26-12-4-2-5-13-26)33(38)34-28-16-6-3-7-17-28/h2-8,11-13,15-17,29-30H,9-10,14,18-24H2,1H3,(H,34,38)(H,36,37). The smallest absolute Gasteiger partial charge is 0.336 e. The van der Waals surface area contributed by atoms with Gasteiger partial charge in [0.05, 0.1) is 31.0 Å². The molecule has 4 rings (SSSR count). The number of aryl methyl sites for hydroxylation is 2. The van der Waals surface area contributed by atoms with E-state index in [0.29, 0.717) is 30.8 Å². The fourth-order valence-electron chi connectivity index (χ4n) is 5.25. The number of carbonyl (C=O) groups excluding carboxylic acids is 1. The van der Waals surface area contributed by atoms with Crippen LogP contribution in [0, 0.1) is 6.92 Å². The fourth-order valence-corrected chi connectivity index (χ4v) is 5.25. The number of carboxylic acid groups (broad SMARTS) is 1. The topological polar surface area (TPSA) is 88.1 Å². The minimum atomic E-state index is -0.925. The van der Waals surface area contributed by atoms with Gasteiger partial charge in [0, 0.05) is 18.8 Å². The molecule has 40 heavy (non-hydrogen) atoms. The van der Waals surface area contributed by atoms with Crippen molar-refractivity contribution in [1.82, 2.24) is 4.90 Å². The number of hydrogen-bond acceptors (Lipinski definition) is 4. The Bertz CT molecular complexity index is 1220. The summed E-state index contributed by atoms with van der Waals surface area (Å²) in [6.07, 6.45) is 5.48. The summed E-state index contributed by atoms with van der Waals surface area (Å²) in [7, 11) is 0. The van der Waals surface area contributed by atoms with Crippen LogP contribution in [0.15, 0.2) is 78.9 Å². The van der Waals surface area contributed by atoms with Crippen LogP contribution in [0.2, 0.25) is 0 Å². The van der Waals surface area contributed by atoms with Gasteiger partial charge in [-0.1, -0.05) is 66.7 Å². The molecule has 0 bridgehead atoms. The van der Waals surface area contributed by atoms with Gasteiger partial charge in [-0.05, 0) is 74.3 Å². The quantitative estimate of drug-likeness (QED) is 0.250. The van der Waals surface area contributed by atoms with E-state index in [1.165, 1.54) is 5.56 Å². The SMILES string of the molecule is Cc1cccc(COC2CCCC(OCCN(CCCc3ccccc3)C(=O)Nc3ccccc3)C2)c1C(=O)O. The van der Waals surface area contributed by atoms with E-state index in [0.717, 1.165) is 49.8 Å². The van der Waals surface area contributed by atoms with Crippen molar-refractivity contribution >= 4 is 17.7 Å². The van der Waals surface area contributed by atoms with Gasteiger partial charge in [-0.2, -0.15) is 0 Å². The Balaban J connectivity index is 1.27. The number of rotatable bonds is 13. The van der Waals surface area contributed by atoms with Crippen LogP contribution in [0.3, 0.4) is 0 Å². The van der Waals surface area contributed by atoms with Crippen molar-refractivity contribution in [3.05, 3.63) is 101 Å². The summed E-state index contributed by atoms with van der Waals surface area (Å²) >= 11 is 0. The van der Waals surface area contributed by atoms with Gasteiger partial charge in [0.1, 0.15) is 0 Å². The first kappa shape index (κ1) is 29.3. The summed E-state index contributed by atoms with van der Waals surface area (Å²) in [4.78, 5) is 26.6. The monoisotopic (exact) mass is 544 g/mol. The number of benzene rings is 3. The molecule has 0 spiro atoms. The van der Waals surface area contributed by atoms with Gasteiger partial charge >= 0.3 is 12.0 Å². The van der Waals surface area contributed by atoms with Crippen LogP contribution in [-0.2, 0) is 22.5 Å². The van der Waals surface area contributed by atoms with Crippen LogP contribution < -0.4 is 5.32 Å². The molecule has 1 aliphatic rings. The number of anilines is 1. The summed E-state index contributed by atoms with van der Waals surface area (Å²) in [5, 5.41) is 12.6. The number of carboxylic acids is 1. The van der Waals surface area contributed by atoms with E-state index in [9.17, 15) is 14.7 Å². The van der Waals surface area contributed by atoms with Crippen molar-refractivity contribution in [3.8, 4) is 0 Å². The molecule has 3 aromatic carbocycles. The molecule has 7 heteroatoms. The third-order valence-corrected chi connectivity index (χ3v) is 7.39. The number of hydrogen-bond donors (Lipinski definition) is 2. The lowest BCUT2D eigenvalue weighted by atomic mass is 9.94. The Morgan fingerprint density at radius 2 is 1.60 bits per heavy atom. The molecule has 1 saturated carbocycles. The van der Waals surface area contributed by atoms with E-state index in [1.807, 2.05) is 78.6 Å². The molecule has 0 heterocycles. The number of nitrogens with zero attached hydrogens (tertiary/aromatic N) is 1. The summed E-state index contributed by atoms with van der Waals surface area (Å²) in [6, 6.07) is 25.2. The maximum Gasteiger partial charge on any atom is 0.336 e. The molecule has 7 nitrogen and oxygen atoms in total. The predicted molar refractivity (Wildman–Crippen MR) is 157 cm³/mol. The number of nitrogens with one attached hydrogen (secondary N) is 1. The number of aromatic carboxylic acids is 1. The first-order chi connectivity index (χ1) is 19.5. The zero-order chi connectivity index (χ0) is 28.2. The van der Waals surface area contributed by atoms with Gasteiger partial charge in [-0.25, -0.2) is 9.59 Å². The van der Waals surface area contributed by atoms with Crippen LogP contribution in [-0.4, -0.2) is 53.9 Å². The second-order valence-electron chi connectivity index (χ2n) is 10.4. The zero-order valence-corrected chi connectivity index (χ0v) is 23.3. The molecule has 2 unspecified atom stereocenters. The highest BCUT2D eigenvalue weighted by atomic mass is 16.5. The van der Waals surface area contributed by atoms with Crippen molar-refractivity contribution in [2.24, 2.45) is 0 Å². The Morgan fingerprint density at radius 3 is 2.33 bits per heavy atom. The molecule has 1 fully saturated rings. The van der Waals surface area contributed by atoms with Gasteiger partial charge in [0.15, 0.2) is 0 Å². The van der Waals surface area contributed by atoms with E-state index in [1.54, 1.807) is 0 Å². The minimum Gasteiger partial charge on any atom is -0.478 e. The molecule has 2 amide bonds. The van der Waals surface area contributed by atoms with Crippen molar-refractivity contribution in [2.45, 2.75) is 64.3 Å². The van der Waals surface area contributed by atoms with E-state index in [4.69, 9.17) is 9.47 Å². The van der Waals surface area contributed by atoms with E-state index >= 15 is 0 Å². The molecule has 0 aromatic heterocycles. The highest BCUT2D eigenvalue weighted by Crippen LogP contribution is 2.25. The molecule has 0 radical (unpaired) electrons. The Labute approximate surface area is 237 Å². The third-order valence-electron chi connectivity index (χ3n) is 7.39. The van der Waals surface area contributed by atoms with E-state index < -0.39 is 5.97 Å². The second kappa shape index (κ2) is 15.2. The Morgan fingerprint density at radius 1 is 0.900 bits per heavy atom. The van der Waals surface area contributed by atoms with Crippen LogP contribution >= 0.6 is 0 Å². The zero-order valence-electron chi connectivity index (χ0n) is 23.3. The normalized spacial score (nSPS) is 16.8. The molecular formula is C33H40N2O5. The maximum absolute atomic E-state index is 13.1. The molecule has 3 aromatic rings. The molecule has 212 valence electrons. The van der Waals surface area contributed by atoms with Gasteiger partial charge in [-0.15, -0.1) is 0 Å². The molecule has 0 aliphatic heterocycles.